The van der Waals surface area contributed by atoms with Gasteiger partial charge in [-0.25, -0.2) is 14.9 Å². The van der Waals surface area contributed by atoms with E-state index >= 15 is 0 Å². The lowest BCUT2D eigenvalue weighted by molar-refractivity contribution is -0.154. The summed E-state index contributed by atoms with van der Waals surface area (Å²) in [6.45, 7) is -0.000648. The molecule has 2 amide bonds. The molecule has 374 valence electrons. The van der Waals surface area contributed by atoms with Gasteiger partial charge in [0.1, 0.15) is 35.5 Å². The number of fused-ring (bicyclic) bond motifs is 1. The van der Waals surface area contributed by atoms with Crippen LogP contribution >= 0.6 is 35.7 Å². The van der Waals surface area contributed by atoms with Crippen molar-refractivity contribution in [3.8, 4) is 0 Å². The number of allylic oxidation sites excluding steroid dienone is 1. The van der Waals surface area contributed by atoms with Crippen LogP contribution in [0.2, 0.25) is 0 Å². The number of aromatic amines is 1. The molecule has 2 aliphatic rings. The van der Waals surface area contributed by atoms with Crippen LogP contribution in [0, 0.1) is 0 Å². The average molecular weight is 1050 g/mol. The Labute approximate surface area is 444 Å². The zero-order valence-electron chi connectivity index (χ0n) is 40.0. The number of nitrogens with one attached hydrogen (secondary N) is 3. The van der Waals surface area contributed by atoms with Gasteiger partial charge >= 0.3 is 17.1 Å². The van der Waals surface area contributed by atoms with Crippen LogP contribution in [0.5, 0.6) is 0 Å². The fraction of sp³-hybridized carbons (Fsp3) is 0.123. The van der Waals surface area contributed by atoms with Crippen molar-refractivity contribution in [2.75, 3.05) is 18.2 Å². The lowest BCUT2D eigenvalue weighted by Gasteiger charge is -2.49. The van der Waals surface area contributed by atoms with Gasteiger partial charge in [0.25, 0.3) is 11.8 Å². The molecule has 2 unspecified atom stereocenters. The number of aromatic nitrogens is 4. The highest BCUT2D eigenvalue weighted by molar-refractivity contribution is 8.00. The number of amides is 2. The monoisotopic (exact) mass is 1050 g/mol. The van der Waals surface area contributed by atoms with Gasteiger partial charge in [0.15, 0.2) is 22.8 Å². The van der Waals surface area contributed by atoms with Crippen molar-refractivity contribution in [1.82, 2.24) is 30.0 Å². The van der Waals surface area contributed by atoms with E-state index in [1.54, 1.807) is 17.5 Å². The van der Waals surface area contributed by atoms with E-state index in [4.69, 9.17) is 27.2 Å². The summed E-state index contributed by atoms with van der Waals surface area (Å²) >= 11 is 7.34. The number of carbonyl (C=O) groups is 3. The maximum absolute atomic E-state index is 14.9. The lowest BCUT2D eigenvalue weighted by atomic mass is 9.77. The molecule has 0 radical (unpaired) electrons. The minimum atomic E-state index is -1.12. The van der Waals surface area contributed by atoms with E-state index in [9.17, 15) is 24.0 Å². The first-order valence-corrected chi connectivity index (χ1v) is 26.0. The zero-order valence-corrected chi connectivity index (χ0v) is 42.5. The third-order valence-corrected chi connectivity index (χ3v) is 15.0. The maximum atomic E-state index is 14.9. The number of rotatable bonds is 17. The number of carbonyl (C=O) groups excluding carboxylic acids is 3. The first kappa shape index (κ1) is 50.0. The summed E-state index contributed by atoms with van der Waals surface area (Å²) in [5, 5.41) is 18.5. The van der Waals surface area contributed by atoms with E-state index in [0.29, 0.717) is 21.8 Å². The van der Waals surface area contributed by atoms with Crippen LogP contribution in [-0.2, 0) is 36.0 Å². The molecule has 1 fully saturated rings. The minimum Gasteiger partial charge on any atom is -0.448 e. The molecule has 10 rings (SSSR count). The number of esters is 1. The van der Waals surface area contributed by atoms with Crippen molar-refractivity contribution in [3.63, 3.8) is 0 Å². The summed E-state index contributed by atoms with van der Waals surface area (Å²) in [4.78, 5) is 81.4. The Morgan fingerprint density at radius 1 is 0.800 bits per heavy atom. The van der Waals surface area contributed by atoms with Gasteiger partial charge in [0.05, 0.1) is 6.54 Å². The predicted molar refractivity (Wildman–Crippen MR) is 293 cm³/mol. The number of ether oxygens (including phenoxy) is 1. The van der Waals surface area contributed by atoms with Gasteiger partial charge in [-0.2, -0.15) is 5.10 Å². The quantitative estimate of drug-likeness (QED) is 0.0131. The Kier molecular flexibility index (Phi) is 14.8. The van der Waals surface area contributed by atoms with Crippen LogP contribution in [0.25, 0.3) is 4.91 Å². The Morgan fingerprint density at radius 3 is 1.88 bits per heavy atom. The number of nitrogens with zero attached hydrogens (tertiary/aromatic N) is 5. The van der Waals surface area contributed by atoms with E-state index in [-0.39, 0.29) is 40.1 Å². The molecule has 0 bridgehead atoms. The second-order valence-electron chi connectivity index (χ2n) is 17.3. The number of β-lactam (4-membered cyclic amide) rings is 1. The van der Waals surface area contributed by atoms with Crippen molar-refractivity contribution in [2.45, 2.75) is 29.6 Å². The van der Waals surface area contributed by atoms with Gasteiger partial charge in [-0.05, 0) is 45.0 Å². The number of H-pyrrole nitrogens is 1. The number of thioether (sulfide) groups is 1. The third-order valence-electron chi connectivity index (χ3n) is 12.6. The molecule has 0 aliphatic carbocycles. The summed E-state index contributed by atoms with van der Waals surface area (Å²) in [6.07, 6.45) is 0.650. The molecule has 0 saturated carbocycles. The van der Waals surface area contributed by atoms with Crippen LogP contribution in [0.4, 0.5) is 5.13 Å². The normalized spacial score (nSPS) is 15.7. The molecule has 75 heavy (non-hydrogen) atoms. The third kappa shape index (κ3) is 10.2. The molecule has 0 spiro atoms. The fourth-order valence-electron chi connectivity index (χ4n) is 9.15. The van der Waals surface area contributed by atoms with Crippen molar-refractivity contribution in [1.29, 1.82) is 0 Å². The van der Waals surface area contributed by atoms with Crippen molar-refractivity contribution < 1.29 is 24.0 Å². The molecule has 2 aliphatic heterocycles. The number of oxime groups is 1. The molecule has 18 heteroatoms. The van der Waals surface area contributed by atoms with Gasteiger partial charge in [0.2, 0.25) is 0 Å². The molecule has 4 heterocycles. The lowest BCUT2D eigenvalue weighted by Crippen LogP contribution is -2.71. The van der Waals surface area contributed by atoms with Crippen molar-refractivity contribution in [3.05, 3.63) is 270 Å². The van der Waals surface area contributed by atoms with E-state index in [2.05, 4.69) is 26.0 Å². The standard InChI is InChI=1S/C57H46N8O7S3/c1-71-63-45(43-35-75-56(58-43)60-57(40-26-14-5-15-27-40,41-28-16-6-17-29-41)42-30-18-7-19-31-42)50(66)59-46-52(68)65-47(55(70)72-48(37-22-10-3-11-23-37)38-24-12-4-13-25-38)39(34-74-54(46)65)32-44(73)49-61-62-51(67)53(69)64(49)33-36-20-8-2-9-21-36/h2-32,35,46,48,54,73H,33-34H2,1H3,(H,58,60)(H,59,66)(H,62,67). The van der Waals surface area contributed by atoms with E-state index in [1.165, 1.54) is 45.8 Å². The van der Waals surface area contributed by atoms with Crippen LogP contribution in [0.15, 0.2) is 219 Å². The van der Waals surface area contributed by atoms with Gasteiger partial charge in [-0.3, -0.25) is 28.6 Å². The highest BCUT2D eigenvalue weighted by Gasteiger charge is 2.55. The van der Waals surface area contributed by atoms with Crippen LogP contribution < -0.4 is 21.8 Å². The van der Waals surface area contributed by atoms with E-state index < -0.39 is 52.0 Å². The molecular weight excluding hydrogens is 1000 g/mol. The summed E-state index contributed by atoms with van der Waals surface area (Å²) in [7, 11) is 1.31. The number of benzene rings is 6. The van der Waals surface area contributed by atoms with Gasteiger partial charge in [-0.1, -0.05) is 187 Å². The van der Waals surface area contributed by atoms with E-state index in [0.717, 1.165) is 22.3 Å². The second-order valence-corrected chi connectivity index (χ2v) is 19.7. The first-order valence-electron chi connectivity index (χ1n) is 23.6. The molecule has 2 aromatic heterocycles. The highest BCUT2D eigenvalue weighted by Crippen LogP contribution is 2.44. The number of thiazole rings is 1. The molecule has 1 saturated heterocycles. The maximum Gasteiger partial charge on any atom is 0.356 e. The Morgan fingerprint density at radius 2 is 1.33 bits per heavy atom. The second kappa shape index (κ2) is 22.3. The van der Waals surface area contributed by atoms with Gasteiger partial charge in [-0.15, -0.1) is 35.7 Å². The predicted octanol–water partition coefficient (Wildman–Crippen LogP) is 8.15. The van der Waals surface area contributed by atoms with Crippen LogP contribution in [0.3, 0.4) is 0 Å². The SMILES string of the molecule is CON=C(C(=O)NC1C(=O)N2C(C(=O)OC(c3ccccc3)c3ccccc3)=C(C=C(S)c3n[nH]c(=O)c(=O)n3Cc3ccccc3)CSC12)c1csc(NC(c2ccccc2)(c2ccccc2)c2ccccc2)n1. The highest BCUT2D eigenvalue weighted by atomic mass is 32.2. The van der Waals surface area contributed by atoms with Crippen molar-refractivity contribution >= 4 is 69.3 Å². The average Bonchev–Trinajstić information content (AvgIpc) is 3.93. The zero-order chi connectivity index (χ0) is 51.9. The summed E-state index contributed by atoms with van der Waals surface area (Å²) in [5.74, 6) is -2.04. The van der Waals surface area contributed by atoms with Crippen LogP contribution in [0.1, 0.15) is 51.0 Å². The Balaban J connectivity index is 0.970. The Bertz CT molecular complexity index is 3440. The fourth-order valence-corrected chi connectivity index (χ4v) is 11.5. The van der Waals surface area contributed by atoms with Crippen LogP contribution in [-0.4, -0.2) is 72.4 Å². The first-order chi connectivity index (χ1) is 36.6. The smallest absolute Gasteiger partial charge is 0.356 e. The van der Waals surface area contributed by atoms with Gasteiger partial charge in [0, 0.05) is 16.0 Å². The molecular formula is C57H46N8O7S3. The topological polar surface area (TPSA) is 190 Å². The number of hydrogen-bond donors (Lipinski definition) is 4. The molecule has 6 aromatic carbocycles. The summed E-state index contributed by atoms with van der Waals surface area (Å²) < 4.78 is 7.57. The molecule has 2 atom stereocenters. The number of thiol groups is 1. The summed E-state index contributed by atoms with van der Waals surface area (Å²) in [6, 6.07) is 56.4. The minimum absolute atomic E-state index is 0.000648. The number of hydrogen-bond acceptors (Lipinski definition) is 14. The number of anilines is 1. The largest absolute Gasteiger partial charge is 0.448 e. The molecule has 8 aromatic rings. The summed E-state index contributed by atoms with van der Waals surface area (Å²) in [5.41, 5.74) is 2.49. The van der Waals surface area contributed by atoms with E-state index in [1.807, 2.05) is 170 Å². The molecule has 3 N–H and O–H groups in total. The molecule has 15 nitrogen and oxygen atoms in total. The van der Waals surface area contributed by atoms with Crippen molar-refractivity contribution in [2.24, 2.45) is 5.16 Å². The van der Waals surface area contributed by atoms with Gasteiger partial charge < -0.3 is 20.2 Å². The Hall–Kier alpha value is -8.58.